The predicted octanol–water partition coefficient (Wildman–Crippen LogP) is 5.08. The Labute approximate surface area is 129 Å². The first-order chi connectivity index (χ1) is 9.44. The molecule has 0 aliphatic rings. The summed E-state index contributed by atoms with van der Waals surface area (Å²) in [7, 11) is 0. The normalized spacial score (nSPS) is 10.2. The van der Waals surface area contributed by atoms with Gasteiger partial charge in [-0.3, -0.25) is 0 Å². The molecule has 0 aliphatic carbocycles. The van der Waals surface area contributed by atoms with Gasteiger partial charge in [-0.1, -0.05) is 23.2 Å². The van der Waals surface area contributed by atoms with Crippen molar-refractivity contribution in [2.45, 2.75) is 0 Å². The second kappa shape index (κ2) is 6.35. The number of anilines is 2. The highest BCUT2D eigenvalue weighted by Gasteiger charge is 2.05. The summed E-state index contributed by atoms with van der Waals surface area (Å²) in [5, 5.41) is 6.68. The van der Waals surface area contributed by atoms with Crippen LogP contribution >= 0.6 is 35.4 Å². The van der Waals surface area contributed by atoms with Crippen LogP contribution in [0, 0.1) is 11.6 Å². The molecule has 0 aliphatic heterocycles. The lowest BCUT2D eigenvalue weighted by molar-refractivity contribution is 0.509. The number of halogens is 4. The number of hydrogen-bond donors (Lipinski definition) is 2. The zero-order valence-corrected chi connectivity index (χ0v) is 12.2. The van der Waals surface area contributed by atoms with E-state index in [1.807, 2.05) is 0 Å². The molecule has 2 N–H and O–H groups in total. The molecule has 2 rings (SSSR count). The zero-order chi connectivity index (χ0) is 14.7. The predicted molar refractivity (Wildman–Crippen MR) is 82.7 cm³/mol. The molecule has 2 nitrogen and oxygen atoms in total. The van der Waals surface area contributed by atoms with Crippen LogP contribution in [0.15, 0.2) is 36.4 Å². The number of thiocarbonyl (C=S) groups is 1. The fourth-order valence-corrected chi connectivity index (χ4v) is 2.26. The summed E-state index contributed by atoms with van der Waals surface area (Å²) in [6, 6.07) is 8.24. The van der Waals surface area contributed by atoms with Gasteiger partial charge in [-0.15, -0.1) is 0 Å². The van der Waals surface area contributed by atoms with Gasteiger partial charge in [-0.2, -0.15) is 0 Å². The Kier molecular flexibility index (Phi) is 4.75. The van der Waals surface area contributed by atoms with Gasteiger partial charge in [-0.05, 0) is 42.5 Å². The van der Waals surface area contributed by atoms with Crippen LogP contribution in [0.1, 0.15) is 0 Å². The summed E-state index contributed by atoms with van der Waals surface area (Å²) < 4.78 is 25.8. The van der Waals surface area contributed by atoms with Crippen LogP contribution in [0.5, 0.6) is 0 Å². The Bertz CT molecular complexity index is 645. The minimum Gasteiger partial charge on any atom is -0.332 e. The molecule has 0 spiro atoms. The van der Waals surface area contributed by atoms with Gasteiger partial charge >= 0.3 is 0 Å². The molecule has 0 amide bonds. The first-order valence-corrected chi connectivity index (χ1v) is 6.59. The number of hydrogen-bond acceptors (Lipinski definition) is 1. The van der Waals surface area contributed by atoms with Crippen LogP contribution < -0.4 is 10.6 Å². The first kappa shape index (κ1) is 15.0. The van der Waals surface area contributed by atoms with E-state index < -0.39 is 11.6 Å². The van der Waals surface area contributed by atoms with Crippen LogP contribution in [0.4, 0.5) is 20.2 Å². The molecule has 0 saturated carbocycles. The maximum absolute atomic E-state index is 13.0. The van der Waals surface area contributed by atoms with Gasteiger partial charge in [0.1, 0.15) is 0 Å². The Morgan fingerprint density at radius 3 is 2.05 bits per heavy atom. The van der Waals surface area contributed by atoms with E-state index in [4.69, 9.17) is 35.4 Å². The Morgan fingerprint density at radius 2 is 1.45 bits per heavy atom. The van der Waals surface area contributed by atoms with E-state index in [-0.39, 0.29) is 5.11 Å². The summed E-state index contributed by atoms with van der Waals surface area (Å²) in [6.45, 7) is 0. The third kappa shape index (κ3) is 4.03. The molecular weight excluding hydrogens is 325 g/mol. The van der Waals surface area contributed by atoms with E-state index in [2.05, 4.69) is 10.6 Å². The topological polar surface area (TPSA) is 24.1 Å². The van der Waals surface area contributed by atoms with Gasteiger partial charge < -0.3 is 10.6 Å². The lowest BCUT2D eigenvalue weighted by Crippen LogP contribution is -2.19. The van der Waals surface area contributed by atoms with Crippen molar-refractivity contribution in [3.8, 4) is 0 Å². The van der Waals surface area contributed by atoms with E-state index in [9.17, 15) is 8.78 Å². The second-order valence-electron chi connectivity index (χ2n) is 3.87. The lowest BCUT2D eigenvalue weighted by Gasteiger charge is -2.11. The van der Waals surface area contributed by atoms with Crippen molar-refractivity contribution in [3.05, 3.63) is 58.1 Å². The molecule has 0 unspecified atom stereocenters. The van der Waals surface area contributed by atoms with Gasteiger partial charge in [-0.25, -0.2) is 8.78 Å². The summed E-state index contributed by atoms with van der Waals surface area (Å²) >= 11 is 16.8. The summed E-state index contributed by atoms with van der Waals surface area (Å²) in [4.78, 5) is 0. The standard InChI is InChI=1S/C13H8Cl2F2N2S/c14-7-3-8(15)5-10(4-7)19-13(20)18-9-1-2-11(16)12(17)6-9/h1-6H,(H2,18,19,20). The minimum absolute atomic E-state index is 0.203. The molecule has 104 valence electrons. The van der Waals surface area contributed by atoms with Gasteiger partial charge in [0, 0.05) is 27.5 Å². The quantitative estimate of drug-likeness (QED) is 0.750. The molecule has 2 aromatic rings. The van der Waals surface area contributed by atoms with Crippen LogP contribution in [-0.4, -0.2) is 5.11 Å². The summed E-state index contributed by atoms with van der Waals surface area (Å²) in [5.74, 6) is -1.88. The molecule has 0 aromatic heterocycles. The van der Waals surface area contributed by atoms with Crippen LogP contribution in [0.25, 0.3) is 0 Å². The Balaban J connectivity index is 2.06. The fraction of sp³-hybridized carbons (Fsp3) is 0. The van der Waals surface area contributed by atoms with Gasteiger partial charge in [0.2, 0.25) is 0 Å². The summed E-state index contributed by atoms with van der Waals surface area (Å²) in [6.07, 6.45) is 0. The van der Waals surface area contributed by atoms with E-state index in [0.29, 0.717) is 21.4 Å². The third-order valence-electron chi connectivity index (χ3n) is 2.30. The van der Waals surface area contributed by atoms with Crippen LogP contribution in [-0.2, 0) is 0 Å². The Morgan fingerprint density at radius 1 is 0.850 bits per heavy atom. The number of rotatable bonds is 2. The highest BCUT2D eigenvalue weighted by Crippen LogP contribution is 2.22. The molecular formula is C13H8Cl2F2N2S. The Hall–Kier alpha value is -1.43. The highest BCUT2D eigenvalue weighted by molar-refractivity contribution is 7.80. The number of benzene rings is 2. The second-order valence-corrected chi connectivity index (χ2v) is 5.15. The maximum Gasteiger partial charge on any atom is 0.175 e. The largest absolute Gasteiger partial charge is 0.332 e. The minimum atomic E-state index is -0.955. The third-order valence-corrected chi connectivity index (χ3v) is 2.94. The van der Waals surface area contributed by atoms with Gasteiger partial charge in [0.25, 0.3) is 0 Å². The fourth-order valence-electron chi connectivity index (χ4n) is 1.49. The monoisotopic (exact) mass is 332 g/mol. The molecule has 0 fully saturated rings. The van der Waals surface area contributed by atoms with E-state index in [1.54, 1.807) is 18.2 Å². The molecule has 20 heavy (non-hydrogen) atoms. The average molecular weight is 333 g/mol. The maximum atomic E-state index is 13.0. The van der Waals surface area contributed by atoms with Crippen LogP contribution in [0.2, 0.25) is 10.0 Å². The molecule has 0 saturated heterocycles. The number of nitrogens with one attached hydrogen (secondary N) is 2. The summed E-state index contributed by atoms with van der Waals surface area (Å²) in [5.41, 5.74) is 0.914. The highest BCUT2D eigenvalue weighted by atomic mass is 35.5. The molecule has 0 atom stereocenters. The SMILES string of the molecule is Fc1ccc(NC(=S)Nc2cc(Cl)cc(Cl)c2)cc1F. The zero-order valence-electron chi connectivity index (χ0n) is 9.88. The lowest BCUT2D eigenvalue weighted by atomic mass is 10.3. The van der Waals surface area contributed by atoms with Crippen molar-refractivity contribution < 1.29 is 8.78 Å². The van der Waals surface area contributed by atoms with Gasteiger partial charge in [0.05, 0.1) is 0 Å². The molecule has 0 heterocycles. The van der Waals surface area contributed by atoms with Crippen molar-refractivity contribution >= 4 is 51.9 Å². The van der Waals surface area contributed by atoms with Crippen molar-refractivity contribution in [1.29, 1.82) is 0 Å². The van der Waals surface area contributed by atoms with Gasteiger partial charge in [0.15, 0.2) is 16.7 Å². The smallest absolute Gasteiger partial charge is 0.175 e. The first-order valence-electron chi connectivity index (χ1n) is 5.43. The van der Waals surface area contributed by atoms with E-state index in [0.717, 1.165) is 12.1 Å². The molecule has 7 heteroatoms. The average Bonchev–Trinajstić information content (AvgIpc) is 2.32. The van der Waals surface area contributed by atoms with Crippen molar-refractivity contribution in [3.63, 3.8) is 0 Å². The molecule has 0 radical (unpaired) electrons. The van der Waals surface area contributed by atoms with E-state index >= 15 is 0 Å². The van der Waals surface area contributed by atoms with Crippen molar-refractivity contribution in [2.75, 3.05) is 10.6 Å². The van der Waals surface area contributed by atoms with Crippen LogP contribution in [0.3, 0.4) is 0 Å². The van der Waals surface area contributed by atoms with E-state index in [1.165, 1.54) is 6.07 Å². The molecule has 2 aromatic carbocycles. The van der Waals surface area contributed by atoms with Crippen molar-refractivity contribution in [2.24, 2.45) is 0 Å². The molecule has 0 bridgehead atoms. The van der Waals surface area contributed by atoms with Crippen molar-refractivity contribution in [1.82, 2.24) is 0 Å².